The number of ketones is 1. The maximum absolute atomic E-state index is 13.3. The van der Waals surface area contributed by atoms with Crippen LogP contribution in [-0.2, 0) is 16.1 Å². The van der Waals surface area contributed by atoms with Gasteiger partial charge in [0.15, 0.2) is 11.6 Å². The smallest absolute Gasteiger partial charge is 0.171 e. The average Bonchev–Trinajstić information content (AvgIpc) is 3.30. The average molecular weight is 445 g/mol. The summed E-state index contributed by atoms with van der Waals surface area (Å²) in [4.78, 5) is 14.8. The molecule has 4 fully saturated rings. The number of hydrogen-bond acceptors (Lipinski definition) is 6. The van der Waals surface area contributed by atoms with Gasteiger partial charge in [0.25, 0.3) is 0 Å². The lowest BCUT2D eigenvalue weighted by Crippen LogP contribution is -2.58. The van der Waals surface area contributed by atoms with Crippen molar-refractivity contribution in [3.05, 3.63) is 5.82 Å². The van der Waals surface area contributed by atoms with Crippen molar-refractivity contribution in [1.29, 1.82) is 0 Å². The van der Waals surface area contributed by atoms with Crippen LogP contribution in [0, 0.1) is 47.3 Å². The van der Waals surface area contributed by atoms with E-state index in [2.05, 4.69) is 22.3 Å². The van der Waals surface area contributed by atoms with Crippen LogP contribution in [0.25, 0.3) is 0 Å². The topological polar surface area (TPSA) is 90.1 Å². The lowest BCUT2D eigenvalue weighted by molar-refractivity contribution is -0.175. The van der Waals surface area contributed by atoms with Crippen molar-refractivity contribution in [3.8, 4) is 0 Å². The van der Waals surface area contributed by atoms with E-state index < -0.39 is 5.60 Å². The lowest BCUT2D eigenvalue weighted by atomic mass is 9.43. The van der Waals surface area contributed by atoms with E-state index in [1.54, 1.807) is 6.92 Å². The van der Waals surface area contributed by atoms with E-state index in [1.807, 2.05) is 14.0 Å². The molecule has 0 amide bonds. The van der Waals surface area contributed by atoms with Crippen molar-refractivity contribution in [1.82, 2.24) is 20.2 Å². The van der Waals surface area contributed by atoms with Gasteiger partial charge < -0.3 is 9.84 Å². The zero-order valence-corrected chi connectivity index (χ0v) is 20.2. The second-order valence-electron chi connectivity index (χ2n) is 12.0. The van der Waals surface area contributed by atoms with E-state index in [4.69, 9.17) is 4.74 Å². The standard InChI is InChI=1S/C25H40N4O3/c1-16-26-28-29(27-16)14-22(30)21-8-7-19-18-6-5-17-13-23(2,31)11-12-25(17,15-32-4)20(18)9-10-24(19,21)3/h17-21,31H,5-15H2,1-4H3/t17-,18-,19-,20-,21+,23+,24-,25+/m0/s1. The number of aryl methyl sites for hydroxylation is 1. The summed E-state index contributed by atoms with van der Waals surface area (Å²) in [6.45, 7) is 7.28. The molecule has 4 saturated carbocycles. The summed E-state index contributed by atoms with van der Waals surface area (Å²) >= 11 is 0. The zero-order chi connectivity index (χ0) is 22.7. The number of aromatic nitrogens is 4. The Balaban J connectivity index is 1.37. The van der Waals surface area contributed by atoms with Crippen molar-refractivity contribution in [2.75, 3.05) is 13.7 Å². The molecule has 0 aromatic carbocycles. The van der Waals surface area contributed by atoms with Crippen LogP contribution in [0.15, 0.2) is 0 Å². The highest BCUT2D eigenvalue weighted by atomic mass is 16.5. The minimum atomic E-state index is -0.531. The molecule has 1 N–H and O–H groups in total. The molecule has 178 valence electrons. The second-order valence-corrected chi connectivity index (χ2v) is 12.0. The number of ether oxygens (including phenoxy) is 1. The van der Waals surface area contributed by atoms with Gasteiger partial charge >= 0.3 is 0 Å². The van der Waals surface area contributed by atoms with Gasteiger partial charge in [-0.05, 0) is 111 Å². The summed E-state index contributed by atoms with van der Waals surface area (Å²) < 4.78 is 5.86. The molecule has 7 heteroatoms. The Hall–Kier alpha value is -1.34. The van der Waals surface area contributed by atoms with E-state index in [0.717, 1.165) is 45.1 Å². The van der Waals surface area contributed by atoms with Crippen molar-refractivity contribution >= 4 is 5.78 Å². The van der Waals surface area contributed by atoms with Crippen LogP contribution < -0.4 is 0 Å². The number of nitrogens with zero attached hydrogens (tertiary/aromatic N) is 4. The molecular formula is C25H40N4O3. The molecule has 4 aliphatic rings. The second kappa shape index (κ2) is 7.86. The molecule has 32 heavy (non-hydrogen) atoms. The van der Waals surface area contributed by atoms with Crippen LogP contribution >= 0.6 is 0 Å². The molecule has 0 radical (unpaired) electrons. The minimum absolute atomic E-state index is 0.0785. The van der Waals surface area contributed by atoms with Gasteiger partial charge in [0.2, 0.25) is 0 Å². The number of rotatable bonds is 5. The summed E-state index contributed by atoms with van der Waals surface area (Å²) in [7, 11) is 1.85. The number of Topliss-reactive ketones (excluding diaryl/α,β-unsaturated/α-hetero) is 1. The number of fused-ring (bicyclic) bond motifs is 5. The Kier molecular flexibility index (Phi) is 5.52. The van der Waals surface area contributed by atoms with E-state index in [1.165, 1.54) is 24.1 Å². The first-order valence-corrected chi connectivity index (χ1v) is 12.7. The summed E-state index contributed by atoms with van der Waals surface area (Å²) in [5, 5.41) is 23.0. The Morgan fingerprint density at radius 2 is 1.94 bits per heavy atom. The van der Waals surface area contributed by atoms with Crippen LogP contribution in [0.5, 0.6) is 0 Å². The van der Waals surface area contributed by atoms with E-state index >= 15 is 0 Å². The minimum Gasteiger partial charge on any atom is -0.390 e. The fourth-order valence-corrected chi connectivity index (χ4v) is 8.95. The molecule has 4 aliphatic carbocycles. The molecule has 0 aliphatic heterocycles. The van der Waals surface area contributed by atoms with Crippen LogP contribution in [-0.4, -0.2) is 50.4 Å². The number of hydrogen-bond donors (Lipinski definition) is 1. The fraction of sp³-hybridized carbons (Fsp3) is 0.920. The van der Waals surface area contributed by atoms with Crippen molar-refractivity contribution in [2.45, 2.75) is 90.7 Å². The van der Waals surface area contributed by atoms with Gasteiger partial charge in [-0.1, -0.05) is 6.92 Å². The highest BCUT2D eigenvalue weighted by Gasteiger charge is 2.63. The number of tetrazole rings is 1. The number of methoxy groups -OCH3 is 1. The molecule has 0 unspecified atom stereocenters. The predicted octanol–water partition coefficient (Wildman–Crippen LogP) is 3.59. The SMILES string of the molecule is COC[C@]12CC[C@@](C)(O)C[C@@H]1CC[C@H]1[C@@H]3CC[C@H](C(=O)Cn4nnc(C)n4)[C@@]3(C)CC[C@@H]12. The molecule has 7 nitrogen and oxygen atoms in total. The van der Waals surface area contributed by atoms with Gasteiger partial charge in [-0.15, -0.1) is 10.2 Å². The van der Waals surface area contributed by atoms with Gasteiger partial charge in [-0.2, -0.15) is 4.80 Å². The fourth-order valence-electron chi connectivity index (χ4n) is 8.95. The Labute approximate surface area is 191 Å². The lowest BCUT2D eigenvalue weighted by Gasteiger charge is -2.62. The third-order valence-corrected chi connectivity index (χ3v) is 10.3. The monoisotopic (exact) mass is 444 g/mol. The Morgan fingerprint density at radius 3 is 2.66 bits per heavy atom. The molecule has 5 rings (SSSR count). The highest BCUT2D eigenvalue weighted by Crippen LogP contribution is 2.68. The van der Waals surface area contributed by atoms with E-state index in [9.17, 15) is 9.90 Å². The number of carbonyl (C=O) groups excluding carboxylic acids is 1. The van der Waals surface area contributed by atoms with Gasteiger partial charge in [-0.25, -0.2) is 0 Å². The van der Waals surface area contributed by atoms with Gasteiger partial charge in [0.1, 0.15) is 6.54 Å². The maximum atomic E-state index is 13.3. The van der Waals surface area contributed by atoms with Crippen molar-refractivity contribution < 1.29 is 14.6 Å². The normalized spacial score (nSPS) is 45.7. The molecule has 1 aromatic heterocycles. The quantitative estimate of drug-likeness (QED) is 0.746. The first-order valence-electron chi connectivity index (χ1n) is 12.7. The van der Waals surface area contributed by atoms with Crippen LogP contribution in [0.3, 0.4) is 0 Å². The van der Waals surface area contributed by atoms with Crippen molar-refractivity contribution in [2.24, 2.45) is 40.4 Å². The molecular weight excluding hydrogens is 404 g/mol. The summed E-state index contributed by atoms with van der Waals surface area (Å²) in [6.07, 6.45) is 9.74. The molecule has 1 heterocycles. The van der Waals surface area contributed by atoms with Gasteiger partial charge in [0.05, 0.1) is 12.2 Å². The Morgan fingerprint density at radius 1 is 1.12 bits per heavy atom. The Bertz CT molecular complexity index is 869. The molecule has 0 spiro atoms. The van der Waals surface area contributed by atoms with Crippen molar-refractivity contribution in [3.63, 3.8) is 0 Å². The molecule has 1 aromatic rings. The zero-order valence-electron chi connectivity index (χ0n) is 20.2. The van der Waals surface area contributed by atoms with Crippen LogP contribution in [0.1, 0.15) is 77.5 Å². The number of carbonyl (C=O) groups is 1. The largest absolute Gasteiger partial charge is 0.390 e. The summed E-state index contributed by atoms with van der Waals surface area (Å²) in [5.74, 6) is 3.48. The molecule has 8 atom stereocenters. The van der Waals surface area contributed by atoms with E-state index in [0.29, 0.717) is 29.5 Å². The molecule has 0 saturated heterocycles. The summed E-state index contributed by atoms with van der Waals surface area (Å²) in [6, 6.07) is 0. The highest BCUT2D eigenvalue weighted by molar-refractivity contribution is 5.81. The third kappa shape index (κ3) is 3.46. The van der Waals surface area contributed by atoms with Gasteiger partial charge in [0, 0.05) is 13.0 Å². The van der Waals surface area contributed by atoms with Crippen LogP contribution in [0.4, 0.5) is 0 Å². The predicted molar refractivity (Wildman–Crippen MR) is 120 cm³/mol. The first-order chi connectivity index (χ1) is 15.2. The summed E-state index contributed by atoms with van der Waals surface area (Å²) in [5.41, 5.74) is -0.253. The third-order valence-electron chi connectivity index (χ3n) is 10.3. The molecule has 0 bridgehead atoms. The van der Waals surface area contributed by atoms with Crippen LogP contribution in [0.2, 0.25) is 0 Å². The first kappa shape index (κ1) is 22.5. The van der Waals surface area contributed by atoms with Gasteiger partial charge in [-0.3, -0.25) is 4.79 Å². The maximum Gasteiger partial charge on any atom is 0.171 e. The number of aliphatic hydroxyl groups is 1. The van der Waals surface area contributed by atoms with E-state index in [-0.39, 0.29) is 29.1 Å².